The lowest BCUT2D eigenvalue weighted by Crippen LogP contribution is -2.49. The van der Waals surface area contributed by atoms with Gasteiger partial charge in [-0.2, -0.15) is 5.26 Å². The number of nitriles is 1. The molecule has 1 fully saturated rings. The molecule has 1 aliphatic rings. The fourth-order valence-electron chi connectivity index (χ4n) is 3.12. The second-order valence-electron chi connectivity index (χ2n) is 6.23. The van der Waals surface area contributed by atoms with E-state index in [-0.39, 0.29) is 5.54 Å². The Hall–Kier alpha value is -0.590. The first kappa shape index (κ1) is 16.5. The van der Waals surface area contributed by atoms with E-state index in [4.69, 9.17) is 0 Å². The molecule has 110 valence electrons. The minimum Gasteiger partial charge on any atom is -0.303 e. The number of hydrogen-bond donors (Lipinski definition) is 1. The molecule has 1 saturated carbocycles. The van der Waals surface area contributed by atoms with Gasteiger partial charge in [0, 0.05) is 13.1 Å². The highest BCUT2D eigenvalue weighted by molar-refractivity contribution is 5.09. The molecule has 0 radical (unpaired) electrons. The Morgan fingerprint density at radius 3 is 2.26 bits per heavy atom. The normalized spacial score (nSPS) is 27.7. The first-order valence-corrected chi connectivity index (χ1v) is 7.95. The summed E-state index contributed by atoms with van der Waals surface area (Å²) in [6.45, 7) is 13.1. The molecule has 1 aliphatic carbocycles. The van der Waals surface area contributed by atoms with Crippen LogP contribution in [0.5, 0.6) is 0 Å². The summed E-state index contributed by atoms with van der Waals surface area (Å²) in [6.07, 6.45) is 4.43. The molecular formula is C16H31N3. The van der Waals surface area contributed by atoms with E-state index in [1.165, 1.54) is 12.8 Å². The van der Waals surface area contributed by atoms with Crippen LogP contribution in [0, 0.1) is 23.2 Å². The van der Waals surface area contributed by atoms with Crippen molar-refractivity contribution in [3.63, 3.8) is 0 Å². The third-order valence-corrected chi connectivity index (χ3v) is 4.83. The molecule has 0 aromatic heterocycles. The molecule has 1 rings (SSSR count). The molecule has 0 unspecified atom stereocenters. The maximum atomic E-state index is 9.52. The summed E-state index contributed by atoms with van der Waals surface area (Å²) < 4.78 is 0. The van der Waals surface area contributed by atoms with Gasteiger partial charge in [-0.05, 0) is 50.6 Å². The molecule has 0 atom stereocenters. The van der Waals surface area contributed by atoms with Gasteiger partial charge in [0.2, 0.25) is 0 Å². The van der Waals surface area contributed by atoms with Gasteiger partial charge in [-0.15, -0.1) is 0 Å². The van der Waals surface area contributed by atoms with E-state index in [0.29, 0.717) is 0 Å². The maximum absolute atomic E-state index is 9.52. The van der Waals surface area contributed by atoms with E-state index in [1.54, 1.807) is 0 Å². The second-order valence-corrected chi connectivity index (χ2v) is 6.23. The number of nitrogens with one attached hydrogen (secondary N) is 1. The van der Waals surface area contributed by atoms with Crippen LogP contribution >= 0.6 is 0 Å². The predicted octanol–water partition coefficient (Wildman–Crippen LogP) is 3.03. The van der Waals surface area contributed by atoms with Gasteiger partial charge in [-0.25, -0.2) is 0 Å². The molecule has 1 N–H and O–H groups in total. The van der Waals surface area contributed by atoms with Gasteiger partial charge in [0.05, 0.1) is 6.07 Å². The van der Waals surface area contributed by atoms with Crippen LogP contribution in [-0.4, -0.2) is 36.6 Å². The molecule has 0 aromatic rings. The van der Waals surface area contributed by atoms with E-state index < -0.39 is 0 Å². The Balaban J connectivity index is 2.40. The maximum Gasteiger partial charge on any atom is 0.106 e. The van der Waals surface area contributed by atoms with Gasteiger partial charge >= 0.3 is 0 Å². The zero-order valence-corrected chi connectivity index (χ0v) is 13.2. The summed E-state index contributed by atoms with van der Waals surface area (Å²) in [5.74, 6) is 1.57. The van der Waals surface area contributed by atoms with Crippen LogP contribution in [-0.2, 0) is 0 Å². The third kappa shape index (κ3) is 4.78. The largest absolute Gasteiger partial charge is 0.303 e. The first-order valence-electron chi connectivity index (χ1n) is 7.95. The lowest BCUT2D eigenvalue weighted by Gasteiger charge is -2.37. The Kier molecular flexibility index (Phi) is 6.82. The van der Waals surface area contributed by atoms with E-state index in [9.17, 15) is 5.26 Å². The summed E-state index contributed by atoms with van der Waals surface area (Å²) in [5.41, 5.74) is -0.251. The minimum atomic E-state index is -0.251. The SMILES string of the molecule is CCN(CC)CCNC1(C#N)CCC(C(C)C)CC1. The van der Waals surface area contributed by atoms with Crippen molar-refractivity contribution >= 4 is 0 Å². The van der Waals surface area contributed by atoms with Gasteiger partial charge in [0.1, 0.15) is 5.54 Å². The van der Waals surface area contributed by atoms with Crippen molar-refractivity contribution in [1.82, 2.24) is 10.2 Å². The highest BCUT2D eigenvalue weighted by atomic mass is 15.1. The lowest BCUT2D eigenvalue weighted by molar-refractivity contribution is 0.192. The molecule has 3 heteroatoms. The van der Waals surface area contributed by atoms with Crippen LogP contribution in [0.15, 0.2) is 0 Å². The number of nitrogens with zero attached hydrogens (tertiary/aromatic N) is 2. The molecule has 0 saturated heterocycles. The van der Waals surface area contributed by atoms with Crippen LogP contribution in [0.1, 0.15) is 53.4 Å². The average Bonchev–Trinajstić information content (AvgIpc) is 2.44. The van der Waals surface area contributed by atoms with Crippen LogP contribution in [0.25, 0.3) is 0 Å². The lowest BCUT2D eigenvalue weighted by atomic mass is 9.73. The predicted molar refractivity (Wildman–Crippen MR) is 80.9 cm³/mol. The summed E-state index contributed by atoms with van der Waals surface area (Å²) in [4.78, 5) is 2.40. The third-order valence-electron chi connectivity index (χ3n) is 4.83. The van der Waals surface area contributed by atoms with Crippen LogP contribution < -0.4 is 5.32 Å². The summed E-state index contributed by atoms with van der Waals surface area (Å²) in [6, 6.07) is 2.56. The molecule has 0 bridgehead atoms. The fraction of sp³-hybridized carbons (Fsp3) is 0.938. The van der Waals surface area contributed by atoms with Gasteiger partial charge in [0.25, 0.3) is 0 Å². The van der Waals surface area contributed by atoms with Crippen LogP contribution in [0.3, 0.4) is 0 Å². The molecule has 0 heterocycles. The van der Waals surface area contributed by atoms with E-state index >= 15 is 0 Å². The quantitative estimate of drug-likeness (QED) is 0.769. The van der Waals surface area contributed by atoms with Gasteiger partial charge in [-0.1, -0.05) is 27.7 Å². The standard InChI is InChI=1S/C16H31N3/c1-5-19(6-2)12-11-18-16(13-17)9-7-15(8-10-16)14(3)4/h14-15,18H,5-12H2,1-4H3. The zero-order chi connectivity index (χ0) is 14.3. The monoisotopic (exact) mass is 265 g/mol. The summed E-state index contributed by atoms with van der Waals surface area (Å²) in [5, 5.41) is 13.1. The highest BCUT2D eigenvalue weighted by Crippen LogP contribution is 2.35. The highest BCUT2D eigenvalue weighted by Gasteiger charge is 2.35. The smallest absolute Gasteiger partial charge is 0.106 e. The Labute approximate surface area is 119 Å². The number of hydrogen-bond acceptors (Lipinski definition) is 3. The molecule has 0 spiro atoms. The molecular weight excluding hydrogens is 234 g/mol. The van der Waals surface area contributed by atoms with Crippen molar-refractivity contribution in [3.8, 4) is 6.07 Å². The van der Waals surface area contributed by atoms with Gasteiger partial charge in [0.15, 0.2) is 0 Å². The van der Waals surface area contributed by atoms with Gasteiger partial charge < -0.3 is 4.90 Å². The first-order chi connectivity index (χ1) is 9.06. The van der Waals surface area contributed by atoms with E-state index in [1.807, 2.05) is 0 Å². The summed E-state index contributed by atoms with van der Waals surface area (Å²) in [7, 11) is 0. The van der Waals surface area contributed by atoms with Crippen molar-refractivity contribution in [2.45, 2.75) is 58.9 Å². The average molecular weight is 265 g/mol. The Bertz CT molecular complexity index is 281. The van der Waals surface area contributed by atoms with Crippen LogP contribution in [0.2, 0.25) is 0 Å². The van der Waals surface area contributed by atoms with Crippen molar-refractivity contribution in [2.75, 3.05) is 26.2 Å². The van der Waals surface area contributed by atoms with Gasteiger partial charge in [-0.3, -0.25) is 5.32 Å². The number of rotatable bonds is 7. The van der Waals surface area contributed by atoms with Crippen molar-refractivity contribution < 1.29 is 0 Å². The van der Waals surface area contributed by atoms with E-state index in [0.717, 1.165) is 50.9 Å². The van der Waals surface area contributed by atoms with Crippen LogP contribution in [0.4, 0.5) is 0 Å². The number of likely N-dealkylation sites (N-methyl/N-ethyl adjacent to an activating group) is 1. The van der Waals surface area contributed by atoms with E-state index in [2.05, 4.69) is 44.0 Å². The van der Waals surface area contributed by atoms with Crippen molar-refractivity contribution in [1.29, 1.82) is 5.26 Å². The minimum absolute atomic E-state index is 0.251. The molecule has 0 aliphatic heterocycles. The van der Waals surface area contributed by atoms with Crippen molar-refractivity contribution in [2.24, 2.45) is 11.8 Å². The molecule has 0 amide bonds. The second kappa shape index (κ2) is 7.87. The molecule has 3 nitrogen and oxygen atoms in total. The van der Waals surface area contributed by atoms with Crippen molar-refractivity contribution in [3.05, 3.63) is 0 Å². The topological polar surface area (TPSA) is 39.1 Å². The fourth-order valence-corrected chi connectivity index (χ4v) is 3.12. The summed E-state index contributed by atoms with van der Waals surface area (Å²) >= 11 is 0. The zero-order valence-electron chi connectivity index (χ0n) is 13.2. The Morgan fingerprint density at radius 1 is 1.26 bits per heavy atom. The molecule has 0 aromatic carbocycles. The molecule has 19 heavy (non-hydrogen) atoms. The Morgan fingerprint density at radius 2 is 1.84 bits per heavy atom.